The molecular weight excluding hydrogens is 272 g/mol. The molecule has 0 unspecified atom stereocenters. The molecule has 0 spiro atoms. The summed E-state index contributed by atoms with van der Waals surface area (Å²) in [5.41, 5.74) is 2.47. The maximum atomic E-state index is 5.91. The van der Waals surface area contributed by atoms with Gasteiger partial charge < -0.3 is 9.47 Å². The lowest BCUT2D eigenvalue weighted by molar-refractivity contribution is 0.460. The first-order valence-electron chi connectivity index (χ1n) is 7.29. The molecule has 0 N–H and O–H groups in total. The summed E-state index contributed by atoms with van der Waals surface area (Å²) in [6, 6.07) is 23.5. The molecule has 0 aliphatic carbocycles. The normalized spacial score (nSPS) is 10.3. The van der Waals surface area contributed by atoms with E-state index in [9.17, 15) is 0 Å². The number of benzene rings is 3. The molecule has 0 aliphatic rings. The maximum Gasteiger partial charge on any atom is 0.131 e. The summed E-state index contributed by atoms with van der Waals surface area (Å²) in [5.74, 6) is 3.16. The number of hydrogen-bond donors (Lipinski definition) is 0. The van der Waals surface area contributed by atoms with Crippen LogP contribution in [0.25, 0.3) is 0 Å². The zero-order chi connectivity index (χ0) is 15.4. The third-order valence-electron chi connectivity index (χ3n) is 3.50. The molecular formula is C20H18O2. The Balaban J connectivity index is 1.77. The van der Waals surface area contributed by atoms with Crippen LogP contribution in [-0.2, 0) is 0 Å². The molecule has 0 fully saturated rings. The highest BCUT2D eigenvalue weighted by Crippen LogP contribution is 2.29. The quantitative estimate of drug-likeness (QED) is 0.596. The smallest absolute Gasteiger partial charge is 0.131 e. The van der Waals surface area contributed by atoms with Crippen LogP contribution in [0.4, 0.5) is 0 Å². The Hall–Kier alpha value is -2.74. The van der Waals surface area contributed by atoms with Crippen LogP contribution in [0.3, 0.4) is 0 Å². The molecule has 0 saturated carbocycles. The molecule has 0 bridgehead atoms. The number of aryl methyl sites for hydroxylation is 2. The molecule has 3 rings (SSSR count). The first kappa shape index (κ1) is 14.2. The topological polar surface area (TPSA) is 18.5 Å². The van der Waals surface area contributed by atoms with E-state index in [0.717, 1.165) is 23.0 Å². The van der Waals surface area contributed by atoms with Gasteiger partial charge in [-0.25, -0.2) is 0 Å². The van der Waals surface area contributed by atoms with Crippen LogP contribution in [0, 0.1) is 13.8 Å². The van der Waals surface area contributed by atoms with E-state index in [1.807, 2.05) is 66.7 Å². The Morgan fingerprint density at radius 3 is 1.77 bits per heavy atom. The van der Waals surface area contributed by atoms with E-state index < -0.39 is 0 Å². The van der Waals surface area contributed by atoms with Gasteiger partial charge in [0.15, 0.2) is 0 Å². The summed E-state index contributed by atoms with van der Waals surface area (Å²) in [6.45, 7) is 4.17. The van der Waals surface area contributed by atoms with E-state index in [0.29, 0.717) is 0 Å². The van der Waals surface area contributed by atoms with Crippen molar-refractivity contribution in [3.63, 3.8) is 0 Å². The lowest BCUT2D eigenvalue weighted by Crippen LogP contribution is -1.88. The molecule has 0 aromatic heterocycles. The highest BCUT2D eigenvalue weighted by Gasteiger charge is 2.02. The minimum Gasteiger partial charge on any atom is -0.457 e. The fraction of sp³-hybridized carbons (Fsp3) is 0.100. The van der Waals surface area contributed by atoms with E-state index in [4.69, 9.17) is 9.47 Å². The van der Waals surface area contributed by atoms with Gasteiger partial charge in [-0.3, -0.25) is 0 Å². The predicted octanol–water partition coefficient (Wildman–Crippen LogP) is 5.89. The van der Waals surface area contributed by atoms with E-state index >= 15 is 0 Å². The maximum absolute atomic E-state index is 5.91. The molecule has 0 saturated heterocycles. The Kier molecular flexibility index (Phi) is 4.10. The lowest BCUT2D eigenvalue weighted by atomic mass is 10.1. The molecule has 22 heavy (non-hydrogen) atoms. The lowest BCUT2D eigenvalue weighted by Gasteiger charge is -2.10. The van der Waals surface area contributed by atoms with Crippen molar-refractivity contribution >= 4 is 0 Å². The van der Waals surface area contributed by atoms with E-state index in [2.05, 4.69) is 19.9 Å². The van der Waals surface area contributed by atoms with Crippen molar-refractivity contribution in [1.82, 2.24) is 0 Å². The summed E-state index contributed by atoms with van der Waals surface area (Å²) in [7, 11) is 0. The van der Waals surface area contributed by atoms with Crippen molar-refractivity contribution in [1.29, 1.82) is 0 Å². The van der Waals surface area contributed by atoms with Crippen LogP contribution in [0.1, 0.15) is 11.1 Å². The SMILES string of the molecule is Cc1ccc(Oc2cccc(Oc3ccccc3)c2)cc1C. The van der Waals surface area contributed by atoms with Crippen molar-refractivity contribution < 1.29 is 9.47 Å². The van der Waals surface area contributed by atoms with Crippen LogP contribution < -0.4 is 9.47 Å². The van der Waals surface area contributed by atoms with Crippen molar-refractivity contribution in [3.05, 3.63) is 83.9 Å². The fourth-order valence-corrected chi connectivity index (χ4v) is 2.14. The minimum absolute atomic E-state index is 0.757. The van der Waals surface area contributed by atoms with Crippen molar-refractivity contribution in [3.8, 4) is 23.0 Å². The Bertz CT molecular complexity index is 764. The predicted molar refractivity (Wildman–Crippen MR) is 88.9 cm³/mol. The van der Waals surface area contributed by atoms with Crippen molar-refractivity contribution in [2.45, 2.75) is 13.8 Å². The standard InChI is InChI=1S/C20H18O2/c1-15-11-12-20(13-16(15)2)22-19-10-6-9-18(14-19)21-17-7-4-3-5-8-17/h3-14H,1-2H3. The van der Waals surface area contributed by atoms with E-state index in [1.165, 1.54) is 11.1 Å². The number of hydrogen-bond acceptors (Lipinski definition) is 2. The van der Waals surface area contributed by atoms with Gasteiger partial charge in [-0.1, -0.05) is 30.3 Å². The largest absolute Gasteiger partial charge is 0.457 e. The monoisotopic (exact) mass is 290 g/mol. The molecule has 110 valence electrons. The highest BCUT2D eigenvalue weighted by molar-refractivity contribution is 5.41. The average molecular weight is 290 g/mol. The summed E-state index contributed by atoms with van der Waals surface area (Å²) >= 11 is 0. The molecule has 3 aromatic rings. The first-order chi connectivity index (χ1) is 10.7. The van der Waals surface area contributed by atoms with Gasteiger partial charge in [0.05, 0.1) is 0 Å². The number of para-hydroxylation sites is 1. The second-order valence-electron chi connectivity index (χ2n) is 5.24. The molecule has 2 heteroatoms. The van der Waals surface area contributed by atoms with Crippen LogP contribution in [0.15, 0.2) is 72.8 Å². The van der Waals surface area contributed by atoms with Gasteiger partial charge in [0, 0.05) is 6.07 Å². The first-order valence-corrected chi connectivity index (χ1v) is 7.29. The molecule has 3 aromatic carbocycles. The molecule has 0 atom stereocenters. The summed E-state index contributed by atoms with van der Waals surface area (Å²) in [5, 5.41) is 0. The van der Waals surface area contributed by atoms with Crippen LogP contribution >= 0.6 is 0 Å². The fourth-order valence-electron chi connectivity index (χ4n) is 2.14. The minimum atomic E-state index is 0.757. The second-order valence-corrected chi connectivity index (χ2v) is 5.24. The number of rotatable bonds is 4. The van der Waals surface area contributed by atoms with Gasteiger partial charge in [0.25, 0.3) is 0 Å². The molecule has 0 aliphatic heterocycles. The van der Waals surface area contributed by atoms with Gasteiger partial charge in [0.2, 0.25) is 0 Å². The van der Waals surface area contributed by atoms with Crippen LogP contribution in [0.5, 0.6) is 23.0 Å². The third kappa shape index (κ3) is 3.47. The molecule has 2 nitrogen and oxygen atoms in total. The van der Waals surface area contributed by atoms with E-state index in [-0.39, 0.29) is 0 Å². The van der Waals surface area contributed by atoms with Gasteiger partial charge in [-0.2, -0.15) is 0 Å². The van der Waals surface area contributed by atoms with Gasteiger partial charge >= 0.3 is 0 Å². The summed E-state index contributed by atoms with van der Waals surface area (Å²) < 4.78 is 11.7. The van der Waals surface area contributed by atoms with Gasteiger partial charge in [-0.05, 0) is 61.4 Å². The van der Waals surface area contributed by atoms with Crippen molar-refractivity contribution in [2.24, 2.45) is 0 Å². The molecule has 0 heterocycles. The second kappa shape index (κ2) is 6.35. The molecule has 0 radical (unpaired) electrons. The Morgan fingerprint density at radius 2 is 1.09 bits per heavy atom. The summed E-state index contributed by atoms with van der Waals surface area (Å²) in [6.07, 6.45) is 0. The van der Waals surface area contributed by atoms with E-state index in [1.54, 1.807) is 0 Å². The van der Waals surface area contributed by atoms with Crippen molar-refractivity contribution in [2.75, 3.05) is 0 Å². The van der Waals surface area contributed by atoms with Crippen LogP contribution in [0.2, 0.25) is 0 Å². The molecule has 0 amide bonds. The summed E-state index contributed by atoms with van der Waals surface area (Å²) in [4.78, 5) is 0. The van der Waals surface area contributed by atoms with Gasteiger partial charge in [0.1, 0.15) is 23.0 Å². The Labute approximate surface area is 131 Å². The van der Waals surface area contributed by atoms with Crippen LogP contribution in [-0.4, -0.2) is 0 Å². The Morgan fingerprint density at radius 1 is 0.500 bits per heavy atom. The average Bonchev–Trinajstić information content (AvgIpc) is 2.52. The van der Waals surface area contributed by atoms with Gasteiger partial charge in [-0.15, -0.1) is 0 Å². The third-order valence-corrected chi connectivity index (χ3v) is 3.50. The zero-order valence-electron chi connectivity index (χ0n) is 12.7. The zero-order valence-corrected chi connectivity index (χ0v) is 12.7. The highest BCUT2D eigenvalue weighted by atomic mass is 16.5. The number of ether oxygens (including phenoxy) is 2.